The van der Waals surface area contributed by atoms with Gasteiger partial charge in [0.2, 0.25) is 0 Å². The number of rotatable bonds is 6. The zero-order chi connectivity index (χ0) is 22.8. The van der Waals surface area contributed by atoms with Crippen LogP contribution in [0.25, 0.3) is 22.6 Å². The average molecular weight is 449 g/mol. The van der Waals surface area contributed by atoms with Crippen molar-refractivity contribution < 1.29 is 13.9 Å². The monoisotopic (exact) mass is 449 g/mol. The molecule has 9 heteroatoms. The molecule has 0 saturated carbocycles. The van der Waals surface area contributed by atoms with Crippen LogP contribution in [0.4, 0.5) is 15.8 Å². The first-order chi connectivity index (χ1) is 16.1. The van der Waals surface area contributed by atoms with Gasteiger partial charge in [-0.05, 0) is 37.2 Å². The Morgan fingerprint density at radius 2 is 2.00 bits per heavy atom. The fraction of sp³-hybridized carbons (Fsp3) is 0.292. The number of hydrogen-bond donors (Lipinski definition) is 3. The molecule has 3 heterocycles. The van der Waals surface area contributed by atoms with Crippen molar-refractivity contribution in [3.63, 3.8) is 0 Å². The zero-order valence-corrected chi connectivity index (χ0v) is 18.0. The Bertz CT molecular complexity index is 1300. The fourth-order valence-corrected chi connectivity index (χ4v) is 4.15. The second-order valence-corrected chi connectivity index (χ2v) is 8.09. The molecule has 2 aliphatic heterocycles. The summed E-state index contributed by atoms with van der Waals surface area (Å²) in [7, 11) is 0. The van der Waals surface area contributed by atoms with Gasteiger partial charge in [0.1, 0.15) is 11.6 Å². The minimum Gasteiger partial charge on any atom is -0.383 e. The second kappa shape index (κ2) is 9.13. The van der Waals surface area contributed by atoms with E-state index >= 15 is 0 Å². The zero-order valence-electron chi connectivity index (χ0n) is 18.0. The fourth-order valence-electron chi connectivity index (χ4n) is 4.15. The van der Waals surface area contributed by atoms with Crippen molar-refractivity contribution in [2.24, 2.45) is 0 Å². The molecule has 33 heavy (non-hydrogen) atoms. The Kier molecular flexibility index (Phi) is 5.89. The van der Waals surface area contributed by atoms with Crippen molar-refractivity contribution >= 4 is 39.8 Å². The van der Waals surface area contributed by atoms with Gasteiger partial charge in [-0.15, -0.1) is 0 Å². The topological polar surface area (TPSA) is 99.3 Å². The number of aromatic amines is 1. The number of nitrogens with one attached hydrogen (secondary N) is 3. The highest BCUT2D eigenvalue weighted by Gasteiger charge is 2.23. The molecule has 170 valence electrons. The van der Waals surface area contributed by atoms with E-state index in [0.717, 1.165) is 44.8 Å². The van der Waals surface area contributed by atoms with Gasteiger partial charge in [0, 0.05) is 30.9 Å². The predicted molar refractivity (Wildman–Crippen MR) is 126 cm³/mol. The van der Waals surface area contributed by atoms with Crippen LogP contribution in [-0.4, -0.2) is 60.2 Å². The summed E-state index contributed by atoms with van der Waals surface area (Å²) >= 11 is 0. The van der Waals surface area contributed by atoms with E-state index in [2.05, 4.69) is 25.5 Å². The van der Waals surface area contributed by atoms with Crippen LogP contribution in [0.15, 0.2) is 41.2 Å². The Balaban J connectivity index is 1.37. The molecule has 1 amide bonds. The summed E-state index contributed by atoms with van der Waals surface area (Å²) in [6.07, 6.45) is 2.40. The largest absolute Gasteiger partial charge is 0.383 e. The van der Waals surface area contributed by atoms with Gasteiger partial charge in [0.25, 0.3) is 11.5 Å². The van der Waals surface area contributed by atoms with Gasteiger partial charge in [0.15, 0.2) is 0 Å². The number of para-hydroxylation sites is 1. The first-order valence-corrected chi connectivity index (χ1v) is 11.0. The molecule has 0 spiro atoms. The highest BCUT2D eigenvalue weighted by atomic mass is 19.1. The van der Waals surface area contributed by atoms with Crippen LogP contribution >= 0.6 is 0 Å². The van der Waals surface area contributed by atoms with Crippen LogP contribution in [0.5, 0.6) is 0 Å². The average Bonchev–Trinajstić information content (AvgIpc) is 3.13. The van der Waals surface area contributed by atoms with Gasteiger partial charge in [-0.25, -0.2) is 9.37 Å². The van der Waals surface area contributed by atoms with Crippen molar-refractivity contribution in [1.29, 1.82) is 0 Å². The maximum Gasteiger partial charge on any atom is 0.259 e. The number of aromatic nitrogens is 2. The number of ether oxygens (including phenoxy) is 1. The van der Waals surface area contributed by atoms with E-state index in [1.807, 2.05) is 24.3 Å². The minimum atomic E-state index is -0.503. The summed E-state index contributed by atoms with van der Waals surface area (Å²) in [4.78, 5) is 34.4. The third kappa shape index (κ3) is 4.50. The lowest BCUT2D eigenvalue weighted by Gasteiger charge is -2.26. The number of halogens is 1. The van der Waals surface area contributed by atoms with Gasteiger partial charge in [-0.3, -0.25) is 14.5 Å². The van der Waals surface area contributed by atoms with E-state index in [0.29, 0.717) is 29.0 Å². The smallest absolute Gasteiger partial charge is 0.259 e. The Hall–Kier alpha value is -3.56. The van der Waals surface area contributed by atoms with E-state index in [9.17, 15) is 14.0 Å². The number of carbonyl (C=O) groups is 1. The molecule has 1 saturated heterocycles. The van der Waals surface area contributed by atoms with E-state index < -0.39 is 11.4 Å². The summed E-state index contributed by atoms with van der Waals surface area (Å²) in [5, 5.41) is 6.06. The van der Waals surface area contributed by atoms with Crippen LogP contribution in [0.1, 0.15) is 17.8 Å². The first kappa shape index (κ1) is 21.3. The highest BCUT2D eigenvalue weighted by Crippen LogP contribution is 2.32. The lowest BCUT2D eigenvalue weighted by atomic mass is 10.1. The van der Waals surface area contributed by atoms with Crippen molar-refractivity contribution in [3.8, 4) is 0 Å². The molecule has 8 nitrogen and oxygen atoms in total. The molecule has 0 bridgehead atoms. The number of nitrogens with zero attached hydrogens (tertiary/aromatic N) is 2. The van der Waals surface area contributed by atoms with Gasteiger partial charge in [0.05, 0.1) is 35.4 Å². The van der Waals surface area contributed by atoms with Crippen molar-refractivity contribution in [2.45, 2.75) is 6.42 Å². The molecule has 3 N–H and O–H groups in total. The Morgan fingerprint density at radius 1 is 1.18 bits per heavy atom. The maximum atomic E-state index is 14.6. The van der Waals surface area contributed by atoms with Gasteiger partial charge in [-0.2, -0.15) is 0 Å². The molecular formula is C24H24FN5O3. The van der Waals surface area contributed by atoms with E-state index in [1.165, 1.54) is 6.07 Å². The van der Waals surface area contributed by atoms with Crippen LogP contribution in [0, 0.1) is 5.82 Å². The Labute approximate surface area is 189 Å². The molecule has 3 aromatic rings. The number of carbonyl (C=O) groups excluding carboxylic acids is 1. The molecule has 0 aliphatic carbocycles. The number of amides is 1. The summed E-state index contributed by atoms with van der Waals surface area (Å²) in [5.41, 5.74) is 2.06. The van der Waals surface area contributed by atoms with Gasteiger partial charge in [-0.1, -0.05) is 18.2 Å². The lowest BCUT2D eigenvalue weighted by Crippen LogP contribution is -2.37. The van der Waals surface area contributed by atoms with E-state index in [1.54, 1.807) is 12.1 Å². The van der Waals surface area contributed by atoms with Crippen LogP contribution in [0.2, 0.25) is 0 Å². The minimum absolute atomic E-state index is 0.157. The first-order valence-electron chi connectivity index (χ1n) is 11.0. The molecule has 1 fully saturated rings. The molecule has 0 atom stereocenters. The number of morpholine rings is 1. The number of benzene rings is 2. The SMILES string of the molecule is O=C1Nc2ccccc2/C1=C/c1nc2cc(NCCCN3CCOCC3)c(F)cc2c(=O)[nH]1. The highest BCUT2D eigenvalue weighted by molar-refractivity contribution is 6.34. The van der Waals surface area contributed by atoms with Gasteiger partial charge < -0.3 is 20.4 Å². The molecule has 2 aliphatic rings. The molecule has 0 unspecified atom stereocenters. The lowest BCUT2D eigenvalue weighted by molar-refractivity contribution is -0.110. The van der Waals surface area contributed by atoms with E-state index in [-0.39, 0.29) is 17.1 Å². The third-order valence-electron chi connectivity index (χ3n) is 5.87. The summed E-state index contributed by atoms with van der Waals surface area (Å²) < 4.78 is 19.9. The van der Waals surface area contributed by atoms with E-state index in [4.69, 9.17) is 4.74 Å². The molecule has 2 aromatic carbocycles. The Morgan fingerprint density at radius 3 is 2.85 bits per heavy atom. The third-order valence-corrected chi connectivity index (χ3v) is 5.87. The molecule has 0 radical (unpaired) electrons. The normalized spacial score (nSPS) is 17.4. The number of hydrogen-bond acceptors (Lipinski definition) is 6. The van der Waals surface area contributed by atoms with Crippen LogP contribution < -0.4 is 16.2 Å². The quantitative estimate of drug-likeness (QED) is 0.395. The van der Waals surface area contributed by atoms with Crippen molar-refractivity contribution in [3.05, 3.63) is 64.0 Å². The number of anilines is 2. The van der Waals surface area contributed by atoms with Crippen molar-refractivity contribution in [2.75, 3.05) is 50.0 Å². The standard InChI is InChI=1S/C24H24FN5O3/c25-18-12-17-20(14-21(18)26-6-3-7-30-8-10-33-11-9-30)27-22(29-24(17)32)13-16-15-4-1-2-5-19(15)28-23(16)31/h1-2,4-5,12-14,26H,3,6-11H2,(H,28,31)(H,27,29,32)/b16-13-. The molecular weight excluding hydrogens is 425 g/mol. The number of fused-ring (bicyclic) bond motifs is 2. The summed E-state index contributed by atoms with van der Waals surface area (Å²) in [5.74, 6) is -0.531. The molecule has 5 rings (SSSR count). The van der Waals surface area contributed by atoms with Crippen molar-refractivity contribution in [1.82, 2.24) is 14.9 Å². The summed E-state index contributed by atoms with van der Waals surface area (Å²) in [6.45, 7) is 4.83. The van der Waals surface area contributed by atoms with Gasteiger partial charge >= 0.3 is 0 Å². The molecule has 1 aromatic heterocycles. The van der Waals surface area contributed by atoms with Crippen LogP contribution in [-0.2, 0) is 9.53 Å². The second-order valence-electron chi connectivity index (χ2n) is 8.09. The maximum absolute atomic E-state index is 14.6. The van der Waals surface area contributed by atoms with Crippen LogP contribution in [0.3, 0.4) is 0 Å². The predicted octanol–water partition coefficient (Wildman–Crippen LogP) is 2.69. The number of H-pyrrole nitrogens is 1. The summed E-state index contributed by atoms with van der Waals surface area (Å²) in [6, 6.07) is 10.0.